The number of alkyl halides is 3. The number of ether oxygens (including phenoxy) is 1. The van der Waals surface area contributed by atoms with Gasteiger partial charge in [0.05, 0.1) is 13.0 Å². The molecule has 0 aliphatic rings. The number of hydrogen-bond donors (Lipinski definition) is 1. The predicted octanol–water partition coefficient (Wildman–Crippen LogP) is 3.20. The van der Waals surface area contributed by atoms with E-state index in [-0.39, 0.29) is 18.9 Å². The third-order valence-electron chi connectivity index (χ3n) is 1.85. The fourth-order valence-electron chi connectivity index (χ4n) is 1.14. The summed E-state index contributed by atoms with van der Waals surface area (Å²) in [5, 5.41) is 2.58. The van der Waals surface area contributed by atoms with Crippen LogP contribution in [0, 0.1) is 3.57 Å². The van der Waals surface area contributed by atoms with Gasteiger partial charge in [0.15, 0.2) is 0 Å². The van der Waals surface area contributed by atoms with E-state index in [1.165, 1.54) is 0 Å². The van der Waals surface area contributed by atoms with E-state index in [1.807, 2.05) is 6.07 Å². The maximum atomic E-state index is 11.7. The lowest BCUT2D eigenvalue weighted by Crippen LogP contribution is -2.20. The lowest BCUT2D eigenvalue weighted by atomic mass is 10.3. The van der Waals surface area contributed by atoms with Gasteiger partial charge in [0.25, 0.3) is 0 Å². The molecular formula is C11H11F3INO2. The minimum atomic E-state index is -4.36. The monoisotopic (exact) mass is 373 g/mol. The van der Waals surface area contributed by atoms with Crippen LogP contribution in [0.2, 0.25) is 0 Å². The molecule has 1 amide bonds. The van der Waals surface area contributed by atoms with E-state index < -0.39 is 12.8 Å². The van der Waals surface area contributed by atoms with Crippen molar-refractivity contribution in [2.75, 3.05) is 18.5 Å². The van der Waals surface area contributed by atoms with Crippen LogP contribution in [-0.4, -0.2) is 25.3 Å². The fraction of sp³-hybridized carbons (Fsp3) is 0.364. The second-order valence-corrected chi connectivity index (χ2v) is 4.72. The smallest absolute Gasteiger partial charge is 0.372 e. The van der Waals surface area contributed by atoms with E-state index in [4.69, 9.17) is 0 Å². The van der Waals surface area contributed by atoms with Gasteiger partial charge in [-0.1, -0.05) is 6.07 Å². The summed E-state index contributed by atoms with van der Waals surface area (Å²) in [7, 11) is 0. The Balaban J connectivity index is 2.26. The molecule has 0 heterocycles. The zero-order chi connectivity index (χ0) is 13.6. The lowest BCUT2D eigenvalue weighted by molar-refractivity contribution is -0.174. The summed E-state index contributed by atoms with van der Waals surface area (Å²) < 4.78 is 40.5. The molecule has 1 N–H and O–H groups in total. The van der Waals surface area contributed by atoms with E-state index >= 15 is 0 Å². The Hall–Kier alpha value is -0.830. The standard InChI is InChI=1S/C11H11F3INO2/c12-11(13,14)7-18-5-4-10(17)16-9-3-1-2-8(15)6-9/h1-3,6H,4-5,7H2,(H,16,17). The van der Waals surface area contributed by atoms with Crippen molar-refractivity contribution in [3.63, 3.8) is 0 Å². The number of nitrogens with one attached hydrogen (secondary N) is 1. The van der Waals surface area contributed by atoms with Crippen molar-refractivity contribution in [1.29, 1.82) is 0 Å². The molecule has 0 bridgehead atoms. The van der Waals surface area contributed by atoms with Crippen LogP contribution in [0.3, 0.4) is 0 Å². The van der Waals surface area contributed by atoms with Crippen molar-refractivity contribution in [3.8, 4) is 0 Å². The van der Waals surface area contributed by atoms with Crippen LogP contribution in [0.5, 0.6) is 0 Å². The van der Waals surface area contributed by atoms with Gasteiger partial charge >= 0.3 is 6.18 Å². The molecule has 1 aromatic rings. The number of carbonyl (C=O) groups is 1. The van der Waals surface area contributed by atoms with Gasteiger partial charge in [0.1, 0.15) is 6.61 Å². The first kappa shape index (κ1) is 15.2. The SMILES string of the molecule is O=C(CCOCC(F)(F)F)Nc1cccc(I)c1. The molecule has 7 heteroatoms. The molecule has 0 saturated carbocycles. The van der Waals surface area contributed by atoms with Gasteiger partial charge < -0.3 is 10.1 Å². The highest BCUT2D eigenvalue weighted by Crippen LogP contribution is 2.15. The third-order valence-corrected chi connectivity index (χ3v) is 2.52. The second kappa shape index (κ2) is 6.93. The number of benzene rings is 1. The number of amides is 1. The van der Waals surface area contributed by atoms with Crippen molar-refractivity contribution in [3.05, 3.63) is 27.8 Å². The molecule has 1 rings (SSSR count). The second-order valence-electron chi connectivity index (χ2n) is 3.48. The van der Waals surface area contributed by atoms with Crippen LogP contribution in [0.25, 0.3) is 0 Å². The fourth-order valence-corrected chi connectivity index (χ4v) is 1.69. The Morgan fingerprint density at radius 2 is 2.11 bits per heavy atom. The highest BCUT2D eigenvalue weighted by molar-refractivity contribution is 14.1. The Bertz CT molecular complexity index is 410. The summed E-state index contributed by atoms with van der Waals surface area (Å²) in [4.78, 5) is 11.4. The van der Waals surface area contributed by atoms with Gasteiger partial charge in [-0.2, -0.15) is 13.2 Å². The molecule has 0 fully saturated rings. The summed E-state index contributed by atoms with van der Waals surface area (Å²) in [5.74, 6) is -0.376. The quantitative estimate of drug-likeness (QED) is 0.636. The largest absolute Gasteiger partial charge is 0.411 e. The number of hydrogen-bond acceptors (Lipinski definition) is 2. The Morgan fingerprint density at radius 3 is 2.72 bits per heavy atom. The highest BCUT2D eigenvalue weighted by atomic mass is 127. The van der Waals surface area contributed by atoms with Gasteiger partial charge in [-0.05, 0) is 40.8 Å². The Kier molecular flexibility index (Phi) is 5.86. The number of anilines is 1. The average Bonchev–Trinajstić information content (AvgIpc) is 2.23. The predicted molar refractivity (Wildman–Crippen MR) is 69.3 cm³/mol. The maximum Gasteiger partial charge on any atom is 0.411 e. The Morgan fingerprint density at radius 1 is 1.39 bits per heavy atom. The molecule has 18 heavy (non-hydrogen) atoms. The van der Waals surface area contributed by atoms with Gasteiger partial charge in [-0.25, -0.2) is 0 Å². The molecule has 0 radical (unpaired) electrons. The van der Waals surface area contributed by atoms with E-state index in [0.29, 0.717) is 5.69 Å². The molecular weight excluding hydrogens is 362 g/mol. The zero-order valence-corrected chi connectivity index (χ0v) is 11.4. The third kappa shape index (κ3) is 6.80. The first-order valence-corrected chi connectivity index (χ1v) is 6.14. The van der Waals surface area contributed by atoms with Crippen LogP contribution < -0.4 is 5.32 Å². The summed E-state index contributed by atoms with van der Waals surface area (Å²) >= 11 is 2.09. The van der Waals surface area contributed by atoms with Crippen LogP contribution >= 0.6 is 22.6 Å². The van der Waals surface area contributed by atoms with E-state index in [2.05, 4.69) is 32.6 Å². The van der Waals surface area contributed by atoms with Crippen LogP contribution in [0.1, 0.15) is 6.42 Å². The molecule has 0 saturated heterocycles. The minimum Gasteiger partial charge on any atom is -0.372 e. The zero-order valence-electron chi connectivity index (χ0n) is 9.26. The van der Waals surface area contributed by atoms with E-state index in [9.17, 15) is 18.0 Å². The minimum absolute atomic E-state index is 0.110. The molecule has 0 aromatic heterocycles. The van der Waals surface area contributed by atoms with E-state index in [0.717, 1.165) is 3.57 Å². The average molecular weight is 373 g/mol. The normalized spacial score (nSPS) is 11.3. The number of carbonyl (C=O) groups excluding carboxylic acids is 1. The van der Waals surface area contributed by atoms with Crippen molar-refractivity contribution >= 4 is 34.2 Å². The van der Waals surface area contributed by atoms with Crippen molar-refractivity contribution in [2.24, 2.45) is 0 Å². The van der Waals surface area contributed by atoms with Crippen LogP contribution in [0.15, 0.2) is 24.3 Å². The van der Waals surface area contributed by atoms with Crippen molar-refractivity contribution < 1.29 is 22.7 Å². The first-order chi connectivity index (χ1) is 8.37. The molecule has 1 aromatic carbocycles. The maximum absolute atomic E-state index is 11.7. The molecule has 0 spiro atoms. The summed E-state index contributed by atoms with van der Waals surface area (Å²) in [5.41, 5.74) is 0.614. The van der Waals surface area contributed by atoms with E-state index in [1.54, 1.807) is 18.2 Å². The summed E-state index contributed by atoms with van der Waals surface area (Å²) in [6.07, 6.45) is -4.46. The summed E-state index contributed by atoms with van der Waals surface area (Å²) in [6, 6.07) is 7.10. The van der Waals surface area contributed by atoms with Crippen LogP contribution in [-0.2, 0) is 9.53 Å². The first-order valence-electron chi connectivity index (χ1n) is 5.07. The lowest BCUT2D eigenvalue weighted by Gasteiger charge is -2.08. The van der Waals surface area contributed by atoms with Crippen molar-refractivity contribution in [2.45, 2.75) is 12.6 Å². The number of halogens is 4. The molecule has 0 atom stereocenters. The van der Waals surface area contributed by atoms with Crippen molar-refractivity contribution in [1.82, 2.24) is 0 Å². The molecule has 0 unspecified atom stereocenters. The topological polar surface area (TPSA) is 38.3 Å². The highest BCUT2D eigenvalue weighted by Gasteiger charge is 2.27. The Labute approximate surface area is 116 Å². The van der Waals surface area contributed by atoms with Gasteiger partial charge in [0.2, 0.25) is 5.91 Å². The van der Waals surface area contributed by atoms with Gasteiger partial charge in [-0.15, -0.1) is 0 Å². The number of rotatable bonds is 5. The van der Waals surface area contributed by atoms with Gasteiger partial charge in [-0.3, -0.25) is 4.79 Å². The molecule has 0 aliphatic heterocycles. The van der Waals surface area contributed by atoms with Crippen LogP contribution in [0.4, 0.5) is 18.9 Å². The molecule has 0 aliphatic carbocycles. The summed E-state index contributed by atoms with van der Waals surface area (Å²) in [6.45, 7) is -1.58. The van der Waals surface area contributed by atoms with Gasteiger partial charge in [0, 0.05) is 9.26 Å². The molecule has 100 valence electrons. The molecule has 3 nitrogen and oxygen atoms in total.